The summed E-state index contributed by atoms with van der Waals surface area (Å²) >= 11 is 0. The highest BCUT2D eigenvalue weighted by molar-refractivity contribution is 5.28. The molecule has 0 amide bonds. The molecular formula is C18H30N2O. The molecule has 0 bridgehead atoms. The van der Waals surface area contributed by atoms with Crippen molar-refractivity contribution < 1.29 is 5.11 Å². The van der Waals surface area contributed by atoms with Crippen molar-refractivity contribution >= 4 is 0 Å². The number of H-pyrrole nitrogens is 1. The predicted molar refractivity (Wildman–Crippen MR) is 85.0 cm³/mol. The minimum Gasteiger partial charge on any atom is -0.393 e. The van der Waals surface area contributed by atoms with Crippen LogP contribution in [0.5, 0.6) is 0 Å². The number of nitrogens with one attached hydrogen (secondary N) is 1. The first-order valence-corrected chi connectivity index (χ1v) is 8.81. The van der Waals surface area contributed by atoms with Crippen LogP contribution in [0.4, 0.5) is 0 Å². The van der Waals surface area contributed by atoms with E-state index in [0.29, 0.717) is 11.8 Å². The average Bonchev–Trinajstić information content (AvgIpc) is 2.87. The fraction of sp³-hybridized carbons (Fsp3) is 0.833. The maximum atomic E-state index is 10.6. The molecule has 2 aliphatic rings. The number of hydrogen-bond acceptors (Lipinski definition) is 2. The topological polar surface area (TPSA) is 48.9 Å². The first kappa shape index (κ1) is 15.1. The van der Waals surface area contributed by atoms with Gasteiger partial charge < -0.3 is 10.1 Å². The average molecular weight is 290 g/mol. The van der Waals surface area contributed by atoms with Gasteiger partial charge in [0.15, 0.2) is 0 Å². The maximum Gasteiger partial charge on any atom is 0.0921 e. The molecule has 0 aliphatic heterocycles. The molecule has 3 heteroatoms. The third kappa shape index (κ3) is 2.90. The SMILES string of the molecule is C[C@@H]1C(C(O)CCCC2CCCCC2)[C@]1(C)c1cnc[nH]1. The lowest BCUT2D eigenvalue weighted by Gasteiger charge is -2.22. The lowest BCUT2D eigenvalue weighted by molar-refractivity contribution is 0.123. The normalized spacial score (nSPS) is 34.8. The van der Waals surface area contributed by atoms with Gasteiger partial charge in [-0.05, 0) is 24.2 Å². The molecule has 118 valence electrons. The lowest BCUT2D eigenvalue weighted by atomic mass is 9.85. The molecule has 0 aromatic carbocycles. The second-order valence-electron chi connectivity index (χ2n) is 7.56. The molecule has 21 heavy (non-hydrogen) atoms. The van der Waals surface area contributed by atoms with Gasteiger partial charge in [-0.25, -0.2) is 4.98 Å². The standard InChI is InChI=1S/C18H30N2O/c1-13-17(18(13,2)16-11-19-12-20-16)15(21)10-6-9-14-7-4-3-5-8-14/h11-15,17,21H,3-10H2,1-2H3,(H,19,20)/t13-,15?,17?,18+/m1/s1. The molecule has 2 aliphatic carbocycles. The van der Waals surface area contributed by atoms with Crippen molar-refractivity contribution in [3.8, 4) is 0 Å². The van der Waals surface area contributed by atoms with Gasteiger partial charge in [-0.1, -0.05) is 58.8 Å². The highest BCUT2D eigenvalue weighted by Gasteiger charge is 2.62. The Morgan fingerprint density at radius 1 is 1.38 bits per heavy atom. The monoisotopic (exact) mass is 290 g/mol. The van der Waals surface area contributed by atoms with E-state index in [0.717, 1.165) is 12.3 Å². The first-order chi connectivity index (χ1) is 10.1. The molecule has 0 radical (unpaired) electrons. The molecule has 4 atom stereocenters. The summed E-state index contributed by atoms with van der Waals surface area (Å²) in [5.41, 5.74) is 1.28. The second kappa shape index (κ2) is 6.12. The van der Waals surface area contributed by atoms with Crippen LogP contribution in [0.2, 0.25) is 0 Å². The van der Waals surface area contributed by atoms with Gasteiger partial charge in [0.25, 0.3) is 0 Å². The fourth-order valence-electron chi connectivity index (χ4n) is 4.75. The zero-order valence-corrected chi connectivity index (χ0v) is 13.5. The van der Waals surface area contributed by atoms with E-state index in [9.17, 15) is 5.11 Å². The van der Waals surface area contributed by atoms with E-state index in [2.05, 4.69) is 23.8 Å². The Morgan fingerprint density at radius 3 is 2.81 bits per heavy atom. The molecule has 2 fully saturated rings. The molecule has 3 nitrogen and oxygen atoms in total. The van der Waals surface area contributed by atoms with Gasteiger partial charge >= 0.3 is 0 Å². The van der Waals surface area contributed by atoms with Crippen LogP contribution >= 0.6 is 0 Å². The summed E-state index contributed by atoms with van der Waals surface area (Å²) in [5, 5.41) is 10.6. The fourth-order valence-corrected chi connectivity index (χ4v) is 4.75. The molecular weight excluding hydrogens is 260 g/mol. The van der Waals surface area contributed by atoms with Crippen LogP contribution in [0.15, 0.2) is 12.5 Å². The highest BCUT2D eigenvalue weighted by atomic mass is 16.3. The molecule has 2 saturated carbocycles. The van der Waals surface area contributed by atoms with Crippen molar-refractivity contribution in [1.82, 2.24) is 9.97 Å². The number of aliphatic hydroxyl groups is 1. The quantitative estimate of drug-likeness (QED) is 0.830. The third-order valence-corrected chi connectivity index (χ3v) is 6.40. The van der Waals surface area contributed by atoms with Crippen LogP contribution in [-0.4, -0.2) is 21.2 Å². The zero-order valence-electron chi connectivity index (χ0n) is 13.5. The Morgan fingerprint density at radius 2 is 2.14 bits per heavy atom. The van der Waals surface area contributed by atoms with Crippen molar-refractivity contribution in [3.63, 3.8) is 0 Å². The van der Waals surface area contributed by atoms with Gasteiger partial charge in [0.1, 0.15) is 0 Å². The Labute approximate surface area is 128 Å². The van der Waals surface area contributed by atoms with Crippen LogP contribution in [0.25, 0.3) is 0 Å². The number of nitrogens with zero attached hydrogens (tertiary/aromatic N) is 1. The Balaban J connectivity index is 1.47. The van der Waals surface area contributed by atoms with Crippen molar-refractivity contribution in [2.24, 2.45) is 17.8 Å². The van der Waals surface area contributed by atoms with E-state index in [1.165, 1.54) is 50.6 Å². The predicted octanol–water partition coefficient (Wildman–Crippen LogP) is 4.04. The van der Waals surface area contributed by atoms with Crippen molar-refractivity contribution in [3.05, 3.63) is 18.2 Å². The second-order valence-corrected chi connectivity index (χ2v) is 7.56. The molecule has 3 rings (SSSR count). The van der Waals surface area contributed by atoms with Gasteiger partial charge in [-0.2, -0.15) is 0 Å². The number of aliphatic hydroxyl groups excluding tert-OH is 1. The van der Waals surface area contributed by atoms with E-state index < -0.39 is 0 Å². The maximum absolute atomic E-state index is 10.6. The molecule has 1 aromatic rings. The van der Waals surface area contributed by atoms with Crippen LogP contribution in [0.3, 0.4) is 0 Å². The van der Waals surface area contributed by atoms with E-state index in [1.807, 2.05) is 6.20 Å². The molecule has 0 saturated heterocycles. The van der Waals surface area contributed by atoms with E-state index in [4.69, 9.17) is 0 Å². The Kier molecular flexibility index (Phi) is 4.39. The smallest absolute Gasteiger partial charge is 0.0921 e. The lowest BCUT2D eigenvalue weighted by Crippen LogP contribution is -2.17. The van der Waals surface area contributed by atoms with E-state index in [-0.39, 0.29) is 11.5 Å². The molecule has 0 spiro atoms. The van der Waals surface area contributed by atoms with Gasteiger partial charge in [0, 0.05) is 17.3 Å². The van der Waals surface area contributed by atoms with Crippen LogP contribution in [0, 0.1) is 17.8 Å². The summed E-state index contributed by atoms with van der Waals surface area (Å²) in [6, 6.07) is 0. The highest BCUT2D eigenvalue weighted by Crippen LogP contribution is 2.61. The number of imidazole rings is 1. The summed E-state index contributed by atoms with van der Waals surface area (Å²) in [5.74, 6) is 1.87. The summed E-state index contributed by atoms with van der Waals surface area (Å²) in [7, 11) is 0. The molecule has 2 N–H and O–H groups in total. The van der Waals surface area contributed by atoms with Gasteiger partial charge in [0.05, 0.1) is 12.4 Å². The summed E-state index contributed by atoms with van der Waals surface area (Å²) in [4.78, 5) is 7.38. The number of hydrogen-bond donors (Lipinski definition) is 2. The number of aromatic nitrogens is 2. The third-order valence-electron chi connectivity index (χ3n) is 6.40. The summed E-state index contributed by atoms with van der Waals surface area (Å²) in [6.07, 6.45) is 14.1. The van der Waals surface area contributed by atoms with Crippen LogP contribution in [-0.2, 0) is 5.41 Å². The van der Waals surface area contributed by atoms with Gasteiger partial charge in [-0.15, -0.1) is 0 Å². The van der Waals surface area contributed by atoms with Gasteiger partial charge in [-0.3, -0.25) is 0 Å². The van der Waals surface area contributed by atoms with E-state index in [1.54, 1.807) is 6.33 Å². The number of rotatable bonds is 6. The molecule has 2 unspecified atom stereocenters. The minimum atomic E-state index is -0.156. The number of aromatic amines is 1. The molecule has 1 heterocycles. The van der Waals surface area contributed by atoms with Crippen LogP contribution < -0.4 is 0 Å². The zero-order chi connectivity index (χ0) is 14.9. The van der Waals surface area contributed by atoms with Crippen molar-refractivity contribution in [2.45, 2.75) is 76.7 Å². The van der Waals surface area contributed by atoms with Crippen LogP contribution in [0.1, 0.15) is 70.9 Å². The largest absolute Gasteiger partial charge is 0.393 e. The van der Waals surface area contributed by atoms with E-state index >= 15 is 0 Å². The van der Waals surface area contributed by atoms with Crippen molar-refractivity contribution in [1.29, 1.82) is 0 Å². The Hall–Kier alpha value is -0.830. The van der Waals surface area contributed by atoms with Crippen molar-refractivity contribution in [2.75, 3.05) is 0 Å². The first-order valence-electron chi connectivity index (χ1n) is 8.81. The summed E-state index contributed by atoms with van der Waals surface area (Å²) < 4.78 is 0. The Bertz CT molecular complexity index is 438. The van der Waals surface area contributed by atoms with Gasteiger partial charge in [0.2, 0.25) is 0 Å². The minimum absolute atomic E-state index is 0.0980. The molecule has 1 aromatic heterocycles. The summed E-state index contributed by atoms with van der Waals surface area (Å²) in [6.45, 7) is 4.52.